The van der Waals surface area contributed by atoms with Crippen molar-refractivity contribution in [1.29, 1.82) is 0 Å². The molecule has 1 aliphatic rings. The van der Waals surface area contributed by atoms with Gasteiger partial charge in [-0.2, -0.15) is 0 Å². The quantitative estimate of drug-likeness (QED) is 0.642. The van der Waals surface area contributed by atoms with Crippen molar-refractivity contribution in [3.8, 4) is 5.75 Å². The third kappa shape index (κ3) is 4.30. The number of nitrogens with zero attached hydrogens (tertiary/aromatic N) is 2. The standard InChI is InChI=1S/C24H28N2O3/c1-3-28-20-10-11-22-21(16-20)18(2)23(29-22)24(27)26-13-7-12-25(14-15-26)17-19-8-5-4-6-9-19/h4-6,8-11,16H,3,7,12-15,17H2,1-2H3. The van der Waals surface area contributed by atoms with Crippen LogP contribution in [0, 0.1) is 6.92 Å². The number of ether oxygens (including phenoxy) is 1. The minimum atomic E-state index is -0.0155. The molecule has 0 atom stereocenters. The zero-order valence-corrected chi connectivity index (χ0v) is 17.2. The summed E-state index contributed by atoms with van der Waals surface area (Å²) in [5, 5.41) is 0.944. The molecule has 0 N–H and O–H groups in total. The van der Waals surface area contributed by atoms with Crippen molar-refractivity contribution in [3.63, 3.8) is 0 Å². The van der Waals surface area contributed by atoms with Crippen molar-refractivity contribution < 1.29 is 13.9 Å². The Morgan fingerprint density at radius 1 is 1.07 bits per heavy atom. The predicted molar refractivity (Wildman–Crippen MR) is 114 cm³/mol. The number of carbonyl (C=O) groups excluding carboxylic acids is 1. The topological polar surface area (TPSA) is 45.9 Å². The SMILES string of the molecule is CCOc1ccc2oc(C(=O)N3CCCN(Cc4ccccc4)CC3)c(C)c2c1. The van der Waals surface area contributed by atoms with Crippen LogP contribution < -0.4 is 4.74 Å². The number of hydrogen-bond acceptors (Lipinski definition) is 4. The molecule has 4 rings (SSSR count). The first kappa shape index (κ1) is 19.5. The molecule has 5 heteroatoms. The molecule has 0 unspecified atom stereocenters. The van der Waals surface area contributed by atoms with Crippen LogP contribution in [-0.4, -0.2) is 48.5 Å². The summed E-state index contributed by atoms with van der Waals surface area (Å²) in [5.74, 6) is 1.23. The first-order valence-electron chi connectivity index (χ1n) is 10.4. The summed E-state index contributed by atoms with van der Waals surface area (Å²) in [6.07, 6.45) is 0.965. The highest BCUT2D eigenvalue weighted by Crippen LogP contribution is 2.30. The van der Waals surface area contributed by atoms with Gasteiger partial charge in [-0.25, -0.2) is 0 Å². The van der Waals surface area contributed by atoms with Gasteiger partial charge in [0.2, 0.25) is 0 Å². The molecular weight excluding hydrogens is 364 g/mol. The van der Waals surface area contributed by atoms with Crippen LogP contribution in [-0.2, 0) is 6.54 Å². The molecule has 0 spiro atoms. The Kier molecular flexibility index (Phi) is 5.86. The van der Waals surface area contributed by atoms with E-state index in [-0.39, 0.29) is 5.91 Å². The van der Waals surface area contributed by atoms with Gasteiger partial charge in [-0.1, -0.05) is 30.3 Å². The number of rotatable bonds is 5. The van der Waals surface area contributed by atoms with Gasteiger partial charge in [-0.05, 0) is 44.0 Å². The third-order valence-electron chi connectivity index (χ3n) is 5.54. The molecule has 1 aromatic heterocycles. The summed E-state index contributed by atoms with van der Waals surface area (Å²) in [6.45, 7) is 8.78. The maximum atomic E-state index is 13.2. The Hall–Kier alpha value is -2.79. The summed E-state index contributed by atoms with van der Waals surface area (Å²) >= 11 is 0. The van der Waals surface area contributed by atoms with Crippen molar-refractivity contribution in [3.05, 3.63) is 65.4 Å². The summed E-state index contributed by atoms with van der Waals surface area (Å²) in [4.78, 5) is 17.5. The fourth-order valence-corrected chi connectivity index (χ4v) is 3.98. The number of carbonyl (C=O) groups is 1. The Bertz CT molecular complexity index is 980. The lowest BCUT2D eigenvalue weighted by Crippen LogP contribution is -2.35. The van der Waals surface area contributed by atoms with E-state index in [4.69, 9.17) is 9.15 Å². The van der Waals surface area contributed by atoms with E-state index in [1.54, 1.807) is 0 Å². The van der Waals surface area contributed by atoms with Crippen molar-refractivity contribution in [2.75, 3.05) is 32.8 Å². The summed E-state index contributed by atoms with van der Waals surface area (Å²) < 4.78 is 11.5. The molecule has 1 aliphatic heterocycles. The maximum Gasteiger partial charge on any atom is 0.289 e. The van der Waals surface area contributed by atoms with Crippen molar-refractivity contribution in [1.82, 2.24) is 9.80 Å². The Morgan fingerprint density at radius 3 is 2.69 bits per heavy atom. The highest BCUT2D eigenvalue weighted by atomic mass is 16.5. The van der Waals surface area contributed by atoms with Gasteiger partial charge in [-0.3, -0.25) is 9.69 Å². The fraction of sp³-hybridized carbons (Fsp3) is 0.375. The van der Waals surface area contributed by atoms with Gasteiger partial charge in [0.15, 0.2) is 5.76 Å². The number of benzene rings is 2. The molecule has 1 fully saturated rings. The second-order valence-electron chi connectivity index (χ2n) is 7.55. The molecule has 1 saturated heterocycles. The number of aryl methyl sites for hydroxylation is 1. The first-order chi connectivity index (χ1) is 14.2. The van der Waals surface area contributed by atoms with Gasteiger partial charge in [0, 0.05) is 43.7 Å². The van der Waals surface area contributed by atoms with Gasteiger partial charge in [0.1, 0.15) is 11.3 Å². The molecular formula is C24H28N2O3. The van der Waals surface area contributed by atoms with Gasteiger partial charge in [0.05, 0.1) is 6.61 Å². The van der Waals surface area contributed by atoms with Crippen molar-refractivity contribution in [2.24, 2.45) is 0 Å². The van der Waals surface area contributed by atoms with E-state index >= 15 is 0 Å². The predicted octanol–water partition coefficient (Wildman–Crippen LogP) is 4.49. The molecule has 29 heavy (non-hydrogen) atoms. The third-order valence-corrected chi connectivity index (χ3v) is 5.54. The molecule has 0 radical (unpaired) electrons. The van der Waals surface area contributed by atoms with Crippen LogP contribution in [0.4, 0.5) is 0 Å². The molecule has 152 valence electrons. The molecule has 1 amide bonds. The zero-order valence-electron chi connectivity index (χ0n) is 17.2. The number of hydrogen-bond donors (Lipinski definition) is 0. The lowest BCUT2D eigenvalue weighted by atomic mass is 10.1. The molecule has 0 saturated carbocycles. The fourth-order valence-electron chi connectivity index (χ4n) is 3.98. The van der Waals surface area contributed by atoms with Crippen LogP contribution >= 0.6 is 0 Å². The van der Waals surface area contributed by atoms with Crippen LogP contribution in [0.1, 0.15) is 35.0 Å². The average Bonchev–Trinajstić information content (AvgIpc) is 2.90. The first-order valence-corrected chi connectivity index (χ1v) is 10.4. The van der Waals surface area contributed by atoms with Gasteiger partial charge >= 0.3 is 0 Å². The average molecular weight is 392 g/mol. The molecule has 2 aromatic carbocycles. The van der Waals surface area contributed by atoms with Crippen LogP contribution in [0.2, 0.25) is 0 Å². The van der Waals surface area contributed by atoms with Crippen LogP contribution in [0.15, 0.2) is 52.9 Å². The minimum absolute atomic E-state index is 0.0155. The Morgan fingerprint density at radius 2 is 1.90 bits per heavy atom. The summed E-state index contributed by atoms with van der Waals surface area (Å²) in [6, 6.07) is 16.2. The van der Waals surface area contributed by atoms with Crippen LogP contribution in [0.5, 0.6) is 5.75 Å². The Labute approximate surface area is 171 Å². The van der Waals surface area contributed by atoms with Crippen molar-refractivity contribution in [2.45, 2.75) is 26.8 Å². The highest BCUT2D eigenvalue weighted by Gasteiger charge is 2.25. The highest BCUT2D eigenvalue weighted by molar-refractivity contribution is 5.99. The van der Waals surface area contributed by atoms with E-state index in [0.29, 0.717) is 18.9 Å². The second kappa shape index (κ2) is 8.70. The summed E-state index contributed by atoms with van der Waals surface area (Å²) in [5.41, 5.74) is 2.93. The zero-order chi connectivity index (χ0) is 20.2. The molecule has 2 heterocycles. The second-order valence-corrected chi connectivity index (χ2v) is 7.55. The Balaban J connectivity index is 1.47. The minimum Gasteiger partial charge on any atom is -0.494 e. The number of fused-ring (bicyclic) bond motifs is 1. The van der Waals surface area contributed by atoms with E-state index in [1.807, 2.05) is 43.0 Å². The lowest BCUT2D eigenvalue weighted by molar-refractivity contribution is 0.0730. The van der Waals surface area contributed by atoms with E-state index < -0.39 is 0 Å². The van der Waals surface area contributed by atoms with Crippen LogP contribution in [0.25, 0.3) is 11.0 Å². The molecule has 3 aromatic rings. The number of furan rings is 1. The molecule has 0 aliphatic carbocycles. The normalized spacial score (nSPS) is 15.4. The van der Waals surface area contributed by atoms with Gasteiger partial charge < -0.3 is 14.1 Å². The van der Waals surface area contributed by atoms with E-state index in [0.717, 1.165) is 54.9 Å². The number of amides is 1. The maximum absolute atomic E-state index is 13.2. The van der Waals surface area contributed by atoms with E-state index in [9.17, 15) is 4.79 Å². The van der Waals surface area contributed by atoms with E-state index in [1.165, 1.54) is 5.56 Å². The van der Waals surface area contributed by atoms with Gasteiger partial charge in [-0.15, -0.1) is 0 Å². The lowest BCUT2D eigenvalue weighted by Gasteiger charge is -2.21. The van der Waals surface area contributed by atoms with E-state index in [2.05, 4.69) is 29.2 Å². The summed E-state index contributed by atoms with van der Waals surface area (Å²) in [7, 11) is 0. The van der Waals surface area contributed by atoms with Crippen molar-refractivity contribution >= 4 is 16.9 Å². The largest absolute Gasteiger partial charge is 0.494 e. The molecule has 0 bridgehead atoms. The van der Waals surface area contributed by atoms with Gasteiger partial charge in [0.25, 0.3) is 5.91 Å². The monoisotopic (exact) mass is 392 g/mol. The molecule has 5 nitrogen and oxygen atoms in total. The van der Waals surface area contributed by atoms with Crippen LogP contribution in [0.3, 0.4) is 0 Å². The smallest absolute Gasteiger partial charge is 0.289 e.